The molecule has 0 spiro atoms. The number of nitrogen functional groups attached to an aromatic ring is 1. The van der Waals surface area contributed by atoms with Crippen molar-refractivity contribution in [2.45, 2.75) is 13.1 Å². The first-order valence-electron chi connectivity index (χ1n) is 3.54. The van der Waals surface area contributed by atoms with E-state index >= 15 is 0 Å². The third kappa shape index (κ3) is 0.973. The summed E-state index contributed by atoms with van der Waals surface area (Å²) in [6.45, 7) is 0.932. The van der Waals surface area contributed by atoms with Crippen molar-refractivity contribution < 1.29 is 0 Å². The Morgan fingerprint density at radius 2 is 2.25 bits per heavy atom. The number of nitrogens with one attached hydrogen (secondary N) is 1. The molecule has 0 aliphatic carbocycles. The maximum absolute atomic E-state index is 11.2. The van der Waals surface area contributed by atoms with Gasteiger partial charge in [0.2, 0.25) is 5.95 Å². The fourth-order valence-electron chi connectivity index (χ4n) is 1.31. The standard InChI is InChI=1S/C6H9N5O/c7-6-9-4-2-11(8)1-3(4)5(12)10-6/h1-2,8H2,(H3,7,9,10,12). The number of hydrogen-bond acceptors (Lipinski definition) is 5. The summed E-state index contributed by atoms with van der Waals surface area (Å²) in [5.41, 5.74) is 6.46. The van der Waals surface area contributed by atoms with Gasteiger partial charge in [-0.15, -0.1) is 0 Å². The molecule has 0 saturated heterocycles. The van der Waals surface area contributed by atoms with E-state index in [9.17, 15) is 4.79 Å². The topological polar surface area (TPSA) is 101 Å². The number of nitrogens with zero attached hydrogens (tertiary/aromatic N) is 2. The van der Waals surface area contributed by atoms with Crippen molar-refractivity contribution in [3.05, 3.63) is 21.6 Å². The zero-order valence-electron chi connectivity index (χ0n) is 6.37. The maximum Gasteiger partial charge on any atom is 0.257 e. The lowest BCUT2D eigenvalue weighted by atomic mass is 10.3. The monoisotopic (exact) mass is 167 g/mol. The molecule has 0 amide bonds. The maximum atomic E-state index is 11.2. The van der Waals surface area contributed by atoms with Gasteiger partial charge in [0, 0.05) is 6.54 Å². The summed E-state index contributed by atoms with van der Waals surface area (Å²) < 4.78 is 0. The summed E-state index contributed by atoms with van der Waals surface area (Å²) in [5, 5.41) is 1.52. The fourth-order valence-corrected chi connectivity index (χ4v) is 1.31. The predicted molar refractivity (Wildman–Crippen MR) is 42.7 cm³/mol. The van der Waals surface area contributed by atoms with E-state index in [4.69, 9.17) is 11.6 Å². The third-order valence-corrected chi connectivity index (χ3v) is 1.83. The lowest BCUT2D eigenvalue weighted by Gasteiger charge is -2.01. The summed E-state index contributed by atoms with van der Waals surface area (Å²) in [4.78, 5) is 17.6. The highest BCUT2D eigenvalue weighted by molar-refractivity contribution is 5.27. The molecule has 6 nitrogen and oxygen atoms in total. The van der Waals surface area contributed by atoms with Crippen LogP contribution in [0.4, 0.5) is 5.95 Å². The Balaban J connectivity index is 2.60. The van der Waals surface area contributed by atoms with Gasteiger partial charge in [-0.2, -0.15) is 0 Å². The summed E-state index contributed by atoms with van der Waals surface area (Å²) in [6.07, 6.45) is 0. The van der Waals surface area contributed by atoms with Crippen LogP contribution in [0.2, 0.25) is 0 Å². The minimum Gasteiger partial charge on any atom is -0.369 e. The van der Waals surface area contributed by atoms with Crippen LogP contribution in [0, 0.1) is 0 Å². The van der Waals surface area contributed by atoms with Gasteiger partial charge in [-0.3, -0.25) is 15.6 Å². The summed E-state index contributed by atoms with van der Waals surface area (Å²) >= 11 is 0. The van der Waals surface area contributed by atoms with Gasteiger partial charge in [-0.1, -0.05) is 0 Å². The average molecular weight is 167 g/mol. The van der Waals surface area contributed by atoms with Crippen LogP contribution in [-0.2, 0) is 13.1 Å². The van der Waals surface area contributed by atoms with E-state index in [1.165, 1.54) is 5.01 Å². The molecular formula is C6H9N5O. The molecular weight excluding hydrogens is 158 g/mol. The Labute approximate surface area is 68.2 Å². The van der Waals surface area contributed by atoms with Crippen molar-refractivity contribution in [2.24, 2.45) is 5.84 Å². The van der Waals surface area contributed by atoms with E-state index in [0.717, 1.165) is 0 Å². The van der Waals surface area contributed by atoms with Crippen molar-refractivity contribution in [3.8, 4) is 0 Å². The second-order valence-electron chi connectivity index (χ2n) is 2.78. The molecule has 12 heavy (non-hydrogen) atoms. The predicted octanol–water partition coefficient (Wildman–Crippen LogP) is -1.46. The van der Waals surface area contributed by atoms with Crippen molar-refractivity contribution in [1.29, 1.82) is 0 Å². The highest BCUT2D eigenvalue weighted by Gasteiger charge is 2.20. The van der Waals surface area contributed by atoms with E-state index in [0.29, 0.717) is 24.3 Å². The highest BCUT2D eigenvalue weighted by atomic mass is 16.1. The van der Waals surface area contributed by atoms with E-state index in [1.807, 2.05) is 0 Å². The summed E-state index contributed by atoms with van der Waals surface area (Å²) in [5.74, 6) is 5.65. The first-order valence-corrected chi connectivity index (χ1v) is 3.54. The zero-order chi connectivity index (χ0) is 8.72. The molecule has 2 heterocycles. The number of H-pyrrole nitrogens is 1. The van der Waals surface area contributed by atoms with Crippen molar-refractivity contribution in [3.63, 3.8) is 0 Å². The fraction of sp³-hybridized carbons (Fsp3) is 0.333. The lowest BCUT2D eigenvalue weighted by molar-refractivity contribution is 0.293. The summed E-state index contributed by atoms with van der Waals surface area (Å²) in [6, 6.07) is 0. The SMILES string of the molecule is Nc1nc2c(c(=O)[nH]1)CN(N)C2. The molecule has 2 rings (SSSR count). The Hall–Kier alpha value is -1.40. The molecule has 1 aromatic rings. The Bertz CT molecular complexity index is 371. The van der Waals surface area contributed by atoms with E-state index < -0.39 is 0 Å². The number of hydrazine groups is 1. The van der Waals surface area contributed by atoms with Gasteiger partial charge in [0.05, 0.1) is 17.8 Å². The van der Waals surface area contributed by atoms with Crippen molar-refractivity contribution >= 4 is 5.95 Å². The smallest absolute Gasteiger partial charge is 0.257 e. The van der Waals surface area contributed by atoms with Crippen LogP contribution in [0.5, 0.6) is 0 Å². The van der Waals surface area contributed by atoms with Gasteiger partial charge < -0.3 is 5.73 Å². The normalized spacial score (nSPS) is 16.4. The molecule has 0 bridgehead atoms. The van der Waals surface area contributed by atoms with E-state index in [1.54, 1.807) is 0 Å². The number of hydrogen-bond donors (Lipinski definition) is 3. The highest BCUT2D eigenvalue weighted by Crippen LogP contribution is 2.13. The Kier molecular flexibility index (Phi) is 1.39. The van der Waals surface area contributed by atoms with Gasteiger partial charge in [-0.05, 0) is 0 Å². The lowest BCUT2D eigenvalue weighted by Crippen LogP contribution is -2.24. The first kappa shape index (κ1) is 7.26. The minimum absolute atomic E-state index is 0.147. The number of rotatable bonds is 0. The largest absolute Gasteiger partial charge is 0.369 e. The Morgan fingerprint density at radius 3 is 3.00 bits per heavy atom. The quantitative estimate of drug-likeness (QED) is 0.410. The number of fused-ring (bicyclic) bond motifs is 1. The molecule has 0 aromatic carbocycles. The van der Waals surface area contributed by atoms with Crippen molar-refractivity contribution in [1.82, 2.24) is 15.0 Å². The van der Waals surface area contributed by atoms with Crippen LogP contribution in [0.15, 0.2) is 4.79 Å². The van der Waals surface area contributed by atoms with E-state index in [2.05, 4.69) is 9.97 Å². The van der Waals surface area contributed by atoms with Gasteiger partial charge in [0.1, 0.15) is 0 Å². The molecule has 64 valence electrons. The van der Waals surface area contributed by atoms with Crippen LogP contribution < -0.4 is 17.1 Å². The molecule has 1 aromatic heterocycles. The van der Waals surface area contributed by atoms with Crippen LogP contribution in [0.1, 0.15) is 11.3 Å². The number of aromatic amines is 1. The molecule has 5 N–H and O–H groups in total. The molecule has 1 aliphatic heterocycles. The number of aromatic nitrogens is 2. The molecule has 0 atom stereocenters. The number of nitrogens with two attached hydrogens (primary N) is 2. The van der Waals surface area contributed by atoms with Crippen molar-refractivity contribution in [2.75, 3.05) is 5.73 Å². The van der Waals surface area contributed by atoms with Crippen LogP contribution in [-0.4, -0.2) is 15.0 Å². The molecule has 0 unspecified atom stereocenters. The second-order valence-corrected chi connectivity index (χ2v) is 2.78. The van der Waals surface area contributed by atoms with Crippen LogP contribution >= 0.6 is 0 Å². The number of anilines is 1. The van der Waals surface area contributed by atoms with Crippen LogP contribution in [0.3, 0.4) is 0 Å². The Morgan fingerprint density at radius 1 is 1.50 bits per heavy atom. The second kappa shape index (κ2) is 2.29. The molecule has 0 radical (unpaired) electrons. The van der Waals surface area contributed by atoms with Gasteiger partial charge in [0.15, 0.2) is 0 Å². The van der Waals surface area contributed by atoms with Gasteiger partial charge >= 0.3 is 0 Å². The van der Waals surface area contributed by atoms with Gasteiger partial charge in [0.25, 0.3) is 5.56 Å². The molecule has 6 heteroatoms. The minimum atomic E-state index is -0.189. The van der Waals surface area contributed by atoms with Gasteiger partial charge in [-0.25, -0.2) is 9.99 Å². The first-order chi connectivity index (χ1) is 5.66. The summed E-state index contributed by atoms with van der Waals surface area (Å²) in [7, 11) is 0. The average Bonchev–Trinajstić information content (AvgIpc) is 2.29. The van der Waals surface area contributed by atoms with E-state index in [-0.39, 0.29) is 11.5 Å². The molecule has 0 saturated carbocycles. The van der Waals surface area contributed by atoms with Crippen LogP contribution in [0.25, 0.3) is 0 Å². The third-order valence-electron chi connectivity index (χ3n) is 1.83. The molecule has 1 aliphatic rings. The molecule has 0 fully saturated rings. The zero-order valence-corrected chi connectivity index (χ0v) is 6.37.